The normalized spacial score (nSPS) is 9.00. The second kappa shape index (κ2) is 4.85. The number of aliphatic hydroxyl groups excluding tert-OH is 1. The zero-order valence-electron chi connectivity index (χ0n) is 3.45. The maximum atomic E-state index is 10.8. The van der Waals surface area contributed by atoms with Gasteiger partial charge in [-0.2, -0.15) is 5.54 Å². The van der Waals surface area contributed by atoms with E-state index in [9.17, 15) is 4.48 Å². The molecule has 0 unspecified atom stereocenters. The van der Waals surface area contributed by atoms with Crippen molar-refractivity contribution in [2.45, 2.75) is 6.42 Å². The Bertz CT molecular complexity index is 22.8. The number of aliphatic hydroxyl groups is 1. The highest BCUT2D eigenvalue weighted by Crippen LogP contribution is 1.68. The molecule has 0 saturated carbocycles. The lowest BCUT2D eigenvalue weighted by Gasteiger charge is -1.85. The number of halogens is 1. The van der Waals surface area contributed by atoms with Crippen LogP contribution in [0, 0.1) is 0 Å². The minimum Gasteiger partial charge on any atom is -0.396 e. The van der Waals surface area contributed by atoms with Crippen molar-refractivity contribution in [1.82, 2.24) is 5.54 Å². The van der Waals surface area contributed by atoms with E-state index in [0.717, 1.165) is 0 Å². The molecule has 3 heteroatoms. The molecule has 0 aliphatic rings. The highest BCUT2D eigenvalue weighted by molar-refractivity contribution is 4.30. The minimum atomic E-state index is 0.0525. The fraction of sp³-hybridized carbons (Fsp3) is 1.00. The van der Waals surface area contributed by atoms with Crippen LogP contribution in [0.3, 0.4) is 0 Å². The standard InChI is InChI=1S/C3H8FNO/c4-5-2-1-3-6/h5-6H,1-3H2. The molecule has 0 heterocycles. The fourth-order valence-electron chi connectivity index (χ4n) is 0.146. The predicted molar refractivity (Wildman–Crippen MR) is 20.8 cm³/mol. The van der Waals surface area contributed by atoms with Gasteiger partial charge in [0.25, 0.3) is 0 Å². The Hall–Kier alpha value is -0.150. The average molecular weight is 93.1 g/mol. The summed E-state index contributed by atoms with van der Waals surface area (Å²) >= 11 is 0. The van der Waals surface area contributed by atoms with E-state index in [4.69, 9.17) is 5.11 Å². The van der Waals surface area contributed by atoms with Crippen molar-refractivity contribution < 1.29 is 9.59 Å². The highest BCUT2D eigenvalue weighted by Gasteiger charge is 1.77. The van der Waals surface area contributed by atoms with Crippen LogP contribution in [-0.4, -0.2) is 18.3 Å². The van der Waals surface area contributed by atoms with Crippen LogP contribution in [-0.2, 0) is 0 Å². The monoisotopic (exact) mass is 93.1 g/mol. The first-order chi connectivity index (χ1) is 2.91. The van der Waals surface area contributed by atoms with Crippen LogP contribution < -0.4 is 5.54 Å². The molecule has 0 aliphatic heterocycles. The number of hydrogen-bond donors (Lipinski definition) is 2. The molecule has 0 atom stereocenters. The fourth-order valence-corrected chi connectivity index (χ4v) is 0.146. The Balaban J connectivity index is 2.34. The Labute approximate surface area is 35.9 Å². The summed E-state index contributed by atoms with van der Waals surface area (Å²) in [6.45, 7) is 0.299. The van der Waals surface area contributed by atoms with Gasteiger partial charge in [-0.15, -0.1) is 4.48 Å². The second-order valence-electron chi connectivity index (χ2n) is 0.961. The SMILES string of the molecule is OCCCNF. The summed E-state index contributed by atoms with van der Waals surface area (Å²) in [5.74, 6) is 0. The third-order valence-corrected chi connectivity index (χ3v) is 0.429. The molecule has 38 valence electrons. The van der Waals surface area contributed by atoms with Gasteiger partial charge in [-0.1, -0.05) is 0 Å². The van der Waals surface area contributed by atoms with Crippen LogP contribution in [0.2, 0.25) is 0 Å². The van der Waals surface area contributed by atoms with Crippen LogP contribution >= 0.6 is 0 Å². The van der Waals surface area contributed by atoms with Crippen LogP contribution in [0.1, 0.15) is 6.42 Å². The smallest absolute Gasteiger partial charge is 0.0444 e. The topological polar surface area (TPSA) is 32.3 Å². The molecule has 0 rings (SSSR count). The Morgan fingerprint density at radius 3 is 2.50 bits per heavy atom. The van der Waals surface area contributed by atoms with Crippen LogP contribution in [0.15, 0.2) is 0 Å². The number of hydrogen-bond acceptors (Lipinski definition) is 2. The van der Waals surface area contributed by atoms with E-state index in [1.807, 2.05) is 0 Å². The lowest BCUT2D eigenvalue weighted by atomic mass is 10.5. The van der Waals surface area contributed by atoms with Gasteiger partial charge in [0, 0.05) is 13.2 Å². The van der Waals surface area contributed by atoms with Crippen LogP contribution in [0.5, 0.6) is 0 Å². The molecule has 0 aromatic carbocycles. The Kier molecular flexibility index (Phi) is 4.73. The molecule has 6 heavy (non-hydrogen) atoms. The van der Waals surface area contributed by atoms with Crippen molar-refractivity contribution >= 4 is 0 Å². The third kappa shape index (κ3) is 3.85. The predicted octanol–water partition coefficient (Wildman–Crippen LogP) is -0.157. The van der Waals surface area contributed by atoms with E-state index in [1.165, 1.54) is 5.54 Å². The average Bonchev–Trinajstić information content (AvgIpc) is 1.61. The van der Waals surface area contributed by atoms with Gasteiger partial charge in [-0.3, -0.25) is 0 Å². The molecule has 0 aromatic heterocycles. The summed E-state index contributed by atoms with van der Waals surface area (Å²) in [4.78, 5) is 0. The van der Waals surface area contributed by atoms with Gasteiger partial charge < -0.3 is 5.11 Å². The lowest BCUT2D eigenvalue weighted by Crippen LogP contribution is -2.03. The largest absolute Gasteiger partial charge is 0.396 e. The van der Waals surface area contributed by atoms with E-state index in [0.29, 0.717) is 6.42 Å². The van der Waals surface area contributed by atoms with Gasteiger partial charge >= 0.3 is 0 Å². The summed E-state index contributed by atoms with van der Waals surface area (Å²) in [5, 5.41) is 7.99. The molecule has 0 bridgehead atoms. The minimum absolute atomic E-state index is 0.0525. The van der Waals surface area contributed by atoms with Gasteiger partial charge in [-0.25, -0.2) is 0 Å². The maximum Gasteiger partial charge on any atom is 0.0444 e. The summed E-state index contributed by atoms with van der Waals surface area (Å²) in [5.41, 5.74) is 1.41. The zero-order valence-corrected chi connectivity index (χ0v) is 3.45. The first kappa shape index (κ1) is 5.85. The van der Waals surface area contributed by atoms with Crippen molar-refractivity contribution in [2.24, 2.45) is 0 Å². The first-order valence-corrected chi connectivity index (χ1v) is 1.86. The maximum absolute atomic E-state index is 10.8. The molecule has 0 aliphatic carbocycles. The van der Waals surface area contributed by atoms with Gasteiger partial charge in [0.05, 0.1) is 0 Å². The number of nitrogens with one attached hydrogen (secondary N) is 1. The summed E-state index contributed by atoms with van der Waals surface area (Å²) in [7, 11) is 0. The van der Waals surface area contributed by atoms with Crippen LogP contribution in [0.25, 0.3) is 0 Å². The van der Waals surface area contributed by atoms with Gasteiger partial charge in [0.15, 0.2) is 0 Å². The molecule has 0 radical (unpaired) electrons. The molecule has 0 spiro atoms. The van der Waals surface area contributed by atoms with Gasteiger partial charge in [0.1, 0.15) is 0 Å². The van der Waals surface area contributed by atoms with Crippen molar-refractivity contribution in [3.05, 3.63) is 0 Å². The van der Waals surface area contributed by atoms with E-state index in [-0.39, 0.29) is 13.2 Å². The second-order valence-corrected chi connectivity index (χ2v) is 0.961. The molecule has 0 fully saturated rings. The van der Waals surface area contributed by atoms with Crippen molar-refractivity contribution in [3.63, 3.8) is 0 Å². The van der Waals surface area contributed by atoms with Gasteiger partial charge in [0.2, 0.25) is 0 Å². The molecule has 0 saturated heterocycles. The highest BCUT2D eigenvalue weighted by atomic mass is 19.2. The van der Waals surface area contributed by atoms with E-state index in [2.05, 4.69) is 0 Å². The van der Waals surface area contributed by atoms with E-state index >= 15 is 0 Å². The first-order valence-electron chi connectivity index (χ1n) is 1.86. The number of rotatable bonds is 3. The Morgan fingerprint density at radius 2 is 2.33 bits per heavy atom. The zero-order chi connectivity index (χ0) is 4.83. The van der Waals surface area contributed by atoms with E-state index in [1.54, 1.807) is 0 Å². The third-order valence-electron chi connectivity index (χ3n) is 0.429. The summed E-state index contributed by atoms with van der Waals surface area (Å²) < 4.78 is 10.8. The van der Waals surface area contributed by atoms with Gasteiger partial charge in [-0.05, 0) is 6.42 Å². The summed E-state index contributed by atoms with van der Waals surface area (Å²) in [6.07, 6.45) is 0.483. The molecular weight excluding hydrogens is 85.0 g/mol. The molecule has 0 amide bonds. The van der Waals surface area contributed by atoms with Crippen molar-refractivity contribution in [3.8, 4) is 0 Å². The van der Waals surface area contributed by atoms with Crippen molar-refractivity contribution in [2.75, 3.05) is 13.2 Å². The molecular formula is C3H8FNO. The van der Waals surface area contributed by atoms with Crippen molar-refractivity contribution in [1.29, 1.82) is 0 Å². The van der Waals surface area contributed by atoms with E-state index < -0.39 is 0 Å². The molecule has 0 aromatic rings. The molecule has 2 nitrogen and oxygen atoms in total. The van der Waals surface area contributed by atoms with Crippen LogP contribution in [0.4, 0.5) is 4.48 Å². The Morgan fingerprint density at radius 1 is 1.67 bits per heavy atom. The lowest BCUT2D eigenvalue weighted by molar-refractivity contribution is 0.258. The quantitative estimate of drug-likeness (QED) is 0.375. The summed E-state index contributed by atoms with van der Waals surface area (Å²) in [6, 6.07) is 0. The molecule has 2 N–H and O–H groups in total.